The smallest absolute Gasteiger partial charge is 0.191 e. The van der Waals surface area contributed by atoms with Gasteiger partial charge >= 0.3 is 0 Å². The predicted molar refractivity (Wildman–Crippen MR) is 117 cm³/mol. The maximum absolute atomic E-state index is 5.94. The summed E-state index contributed by atoms with van der Waals surface area (Å²) in [5.74, 6) is 2.36. The molecule has 0 saturated carbocycles. The third-order valence-corrected chi connectivity index (χ3v) is 4.23. The Balaban J connectivity index is 0.00000261. The Morgan fingerprint density at radius 2 is 2.04 bits per heavy atom. The molecule has 1 unspecified atom stereocenters. The summed E-state index contributed by atoms with van der Waals surface area (Å²) < 4.78 is 13.7. The lowest BCUT2D eigenvalue weighted by Crippen LogP contribution is -2.45. The standard InChI is InChI=1S/C19H27N5O2.HI/c1-14-11-15(2)24(23-14)10-6-9-21-19(20-3)22-12-16-13-25-17-7-4-5-8-18(17)26-16;/h4-5,7-8,11,16H,6,9-10,12-13H2,1-3H3,(H2,20,21,22);1H. The van der Waals surface area contributed by atoms with Crippen molar-refractivity contribution >= 4 is 29.9 Å². The van der Waals surface area contributed by atoms with Crippen molar-refractivity contribution in [3.8, 4) is 11.5 Å². The number of aryl methyl sites for hydroxylation is 3. The second-order valence-electron chi connectivity index (χ2n) is 6.38. The highest BCUT2D eigenvalue weighted by molar-refractivity contribution is 14.0. The topological polar surface area (TPSA) is 72.7 Å². The zero-order valence-electron chi connectivity index (χ0n) is 16.1. The number of para-hydroxylation sites is 2. The van der Waals surface area contributed by atoms with E-state index in [1.165, 1.54) is 5.69 Å². The molecule has 7 nitrogen and oxygen atoms in total. The quantitative estimate of drug-likeness (QED) is 0.285. The number of fused-ring (bicyclic) bond motifs is 1. The minimum Gasteiger partial charge on any atom is -0.486 e. The Bertz CT molecular complexity index is 762. The molecule has 0 aliphatic carbocycles. The SMILES string of the molecule is CN=C(NCCCn1nc(C)cc1C)NCC1COc2ccccc2O1.I. The molecule has 0 saturated heterocycles. The van der Waals surface area contributed by atoms with Crippen LogP contribution in [-0.4, -0.2) is 48.6 Å². The summed E-state index contributed by atoms with van der Waals surface area (Å²) in [5, 5.41) is 11.1. The number of benzene rings is 1. The monoisotopic (exact) mass is 485 g/mol. The molecular weight excluding hydrogens is 457 g/mol. The molecular formula is C19H28IN5O2. The summed E-state index contributed by atoms with van der Waals surface area (Å²) >= 11 is 0. The summed E-state index contributed by atoms with van der Waals surface area (Å²) in [5.41, 5.74) is 2.25. The molecule has 1 aliphatic rings. The molecule has 1 aliphatic heterocycles. The van der Waals surface area contributed by atoms with E-state index in [-0.39, 0.29) is 30.1 Å². The van der Waals surface area contributed by atoms with Crippen LogP contribution in [0.15, 0.2) is 35.3 Å². The second kappa shape index (κ2) is 10.4. The van der Waals surface area contributed by atoms with E-state index in [0.717, 1.165) is 42.7 Å². The highest BCUT2D eigenvalue weighted by Crippen LogP contribution is 2.30. The second-order valence-corrected chi connectivity index (χ2v) is 6.38. The van der Waals surface area contributed by atoms with Crippen molar-refractivity contribution in [1.29, 1.82) is 0 Å². The summed E-state index contributed by atoms with van der Waals surface area (Å²) in [6.07, 6.45) is 0.928. The maximum Gasteiger partial charge on any atom is 0.191 e. The number of rotatable bonds is 6. The van der Waals surface area contributed by atoms with Gasteiger partial charge in [-0.1, -0.05) is 12.1 Å². The normalized spacial score (nSPS) is 15.8. The summed E-state index contributed by atoms with van der Waals surface area (Å²) in [4.78, 5) is 4.26. The zero-order valence-corrected chi connectivity index (χ0v) is 18.4. The first kappa shape index (κ1) is 21.3. The fourth-order valence-corrected chi connectivity index (χ4v) is 2.93. The van der Waals surface area contributed by atoms with E-state index in [9.17, 15) is 0 Å². The number of guanidine groups is 1. The van der Waals surface area contributed by atoms with Gasteiger partial charge in [-0.15, -0.1) is 24.0 Å². The first-order valence-electron chi connectivity index (χ1n) is 9.00. The van der Waals surface area contributed by atoms with Gasteiger partial charge in [0.1, 0.15) is 12.7 Å². The Labute approximate surface area is 177 Å². The van der Waals surface area contributed by atoms with Crippen LogP contribution in [0.1, 0.15) is 17.8 Å². The van der Waals surface area contributed by atoms with Crippen molar-refractivity contribution in [3.63, 3.8) is 0 Å². The Morgan fingerprint density at radius 3 is 2.74 bits per heavy atom. The van der Waals surface area contributed by atoms with Gasteiger partial charge in [0.25, 0.3) is 0 Å². The van der Waals surface area contributed by atoms with E-state index in [1.807, 2.05) is 35.9 Å². The fourth-order valence-electron chi connectivity index (χ4n) is 2.93. The van der Waals surface area contributed by atoms with Crippen LogP contribution in [0.25, 0.3) is 0 Å². The van der Waals surface area contributed by atoms with E-state index in [4.69, 9.17) is 9.47 Å². The Morgan fingerprint density at radius 1 is 1.26 bits per heavy atom. The third-order valence-electron chi connectivity index (χ3n) is 4.23. The van der Waals surface area contributed by atoms with Gasteiger partial charge in [0.15, 0.2) is 17.5 Å². The Hall–Kier alpha value is -1.97. The zero-order chi connectivity index (χ0) is 18.4. The van der Waals surface area contributed by atoms with Crippen LogP contribution in [-0.2, 0) is 6.54 Å². The van der Waals surface area contributed by atoms with Crippen LogP contribution in [0.5, 0.6) is 11.5 Å². The van der Waals surface area contributed by atoms with Crippen molar-refractivity contribution in [3.05, 3.63) is 41.7 Å². The van der Waals surface area contributed by atoms with Gasteiger partial charge in [0.2, 0.25) is 0 Å². The van der Waals surface area contributed by atoms with Gasteiger partial charge in [-0.2, -0.15) is 5.10 Å². The molecule has 27 heavy (non-hydrogen) atoms. The van der Waals surface area contributed by atoms with E-state index >= 15 is 0 Å². The predicted octanol–water partition coefficient (Wildman–Crippen LogP) is 2.51. The number of aliphatic imine (C=N–C) groups is 1. The van der Waals surface area contributed by atoms with Crippen molar-refractivity contribution in [2.75, 3.05) is 26.7 Å². The molecule has 2 heterocycles. The number of aromatic nitrogens is 2. The van der Waals surface area contributed by atoms with E-state index < -0.39 is 0 Å². The van der Waals surface area contributed by atoms with Gasteiger partial charge in [-0.05, 0) is 38.5 Å². The lowest BCUT2D eigenvalue weighted by molar-refractivity contribution is 0.0936. The van der Waals surface area contributed by atoms with Gasteiger partial charge < -0.3 is 20.1 Å². The van der Waals surface area contributed by atoms with Crippen molar-refractivity contribution < 1.29 is 9.47 Å². The van der Waals surface area contributed by atoms with E-state index in [2.05, 4.69) is 33.7 Å². The minimum atomic E-state index is -0.0434. The van der Waals surface area contributed by atoms with Gasteiger partial charge in [-0.25, -0.2) is 0 Å². The van der Waals surface area contributed by atoms with Crippen LogP contribution in [0, 0.1) is 13.8 Å². The van der Waals surface area contributed by atoms with Crippen molar-refractivity contribution in [2.45, 2.75) is 32.9 Å². The average molecular weight is 485 g/mol. The molecule has 2 N–H and O–H groups in total. The van der Waals surface area contributed by atoms with Gasteiger partial charge in [-0.3, -0.25) is 9.67 Å². The molecule has 0 radical (unpaired) electrons. The highest BCUT2D eigenvalue weighted by atomic mass is 127. The Kier molecular flexibility index (Phi) is 8.21. The first-order chi connectivity index (χ1) is 12.7. The number of ether oxygens (including phenoxy) is 2. The molecule has 1 aromatic carbocycles. The fraction of sp³-hybridized carbons (Fsp3) is 0.474. The number of hydrogen-bond donors (Lipinski definition) is 2. The van der Waals surface area contributed by atoms with Crippen LogP contribution in [0.3, 0.4) is 0 Å². The van der Waals surface area contributed by atoms with Crippen LogP contribution < -0.4 is 20.1 Å². The van der Waals surface area contributed by atoms with Crippen molar-refractivity contribution in [2.24, 2.45) is 4.99 Å². The molecule has 148 valence electrons. The number of halogens is 1. The average Bonchev–Trinajstić information content (AvgIpc) is 2.98. The summed E-state index contributed by atoms with van der Waals surface area (Å²) in [7, 11) is 1.77. The van der Waals surface area contributed by atoms with Crippen LogP contribution in [0.2, 0.25) is 0 Å². The molecule has 3 rings (SSSR count). The summed E-state index contributed by atoms with van der Waals surface area (Å²) in [6, 6.07) is 9.83. The van der Waals surface area contributed by atoms with Crippen LogP contribution in [0.4, 0.5) is 0 Å². The molecule has 0 spiro atoms. The number of nitrogens with one attached hydrogen (secondary N) is 2. The molecule has 8 heteroatoms. The lowest BCUT2D eigenvalue weighted by Gasteiger charge is -2.27. The molecule has 0 bridgehead atoms. The highest BCUT2D eigenvalue weighted by Gasteiger charge is 2.20. The number of hydrogen-bond acceptors (Lipinski definition) is 4. The lowest BCUT2D eigenvalue weighted by atomic mass is 10.2. The molecule has 0 amide bonds. The molecule has 0 fully saturated rings. The van der Waals surface area contributed by atoms with Crippen molar-refractivity contribution in [1.82, 2.24) is 20.4 Å². The largest absolute Gasteiger partial charge is 0.486 e. The van der Waals surface area contributed by atoms with E-state index in [0.29, 0.717) is 13.2 Å². The van der Waals surface area contributed by atoms with E-state index in [1.54, 1.807) is 7.05 Å². The third kappa shape index (κ3) is 6.02. The number of nitrogens with zero attached hydrogens (tertiary/aromatic N) is 3. The minimum absolute atomic E-state index is 0. The first-order valence-corrected chi connectivity index (χ1v) is 9.00. The van der Waals surface area contributed by atoms with Gasteiger partial charge in [0, 0.05) is 25.8 Å². The molecule has 1 aromatic heterocycles. The summed E-state index contributed by atoms with van der Waals surface area (Å²) in [6.45, 7) is 6.97. The van der Waals surface area contributed by atoms with Crippen LogP contribution >= 0.6 is 24.0 Å². The maximum atomic E-state index is 5.94. The molecule has 1 atom stereocenters. The molecule has 2 aromatic rings. The van der Waals surface area contributed by atoms with Gasteiger partial charge in [0.05, 0.1) is 12.2 Å².